The Labute approximate surface area is 166 Å². The van der Waals surface area contributed by atoms with Crippen LogP contribution in [0, 0.1) is 18.2 Å². The molecule has 1 saturated carbocycles. The van der Waals surface area contributed by atoms with Crippen molar-refractivity contribution in [3.05, 3.63) is 63.7 Å². The summed E-state index contributed by atoms with van der Waals surface area (Å²) in [5, 5.41) is 22.1. The minimum atomic E-state index is -0.865. The summed E-state index contributed by atoms with van der Waals surface area (Å²) in [5.41, 5.74) is 5.29. The normalized spacial score (nSPS) is 22.9. The van der Waals surface area contributed by atoms with E-state index in [-0.39, 0.29) is 11.2 Å². The number of benzene rings is 1. The van der Waals surface area contributed by atoms with Crippen LogP contribution >= 0.6 is 0 Å². The van der Waals surface area contributed by atoms with E-state index >= 15 is 0 Å². The second-order valence-electron chi connectivity index (χ2n) is 9.39. The summed E-state index contributed by atoms with van der Waals surface area (Å²) in [4.78, 5) is 5.07. The standard InChI is InChI=1S/C24H30FNO2/c1-14-20-18(12-24(2,3)13-19(20)27)26-22(15-6-4-5-7-15)21(14)23(28)16-8-10-17(25)11-9-16/h8-11,15,19,23,27-28H,4-7,12-13H2,1-3H3. The average molecular weight is 384 g/mol. The van der Waals surface area contributed by atoms with Crippen LogP contribution in [0.3, 0.4) is 0 Å². The molecule has 1 fully saturated rings. The maximum absolute atomic E-state index is 13.4. The number of aliphatic hydroxyl groups excluding tert-OH is 2. The van der Waals surface area contributed by atoms with E-state index < -0.39 is 12.2 Å². The summed E-state index contributed by atoms with van der Waals surface area (Å²) >= 11 is 0. The fourth-order valence-electron chi connectivity index (χ4n) is 5.21. The Balaban J connectivity index is 1.88. The average Bonchev–Trinajstić information content (AvgIpc) is 3.14. The summed E-state index contributed by atoms with van der Waals surface area (Å²) in [7, 11) is 0. The van der Waals surface area contributed by atoms with E-state index in [1.54, 1.807) is 12.1 Å². The summed E-state index contributed by atoms with van der Waals surface area (Å²) in [5.74, 6) is 0.0289. The van der Waals surface area contributed by atoms with Crippen LogP contribution in [0.5, 0.6) is 0 Å². The summed E-state index contributed by atoms with van der Waals surface area (Å²) in [6.45, 7) is 6.35. The molecule has 1 heterocycles. The maximum Gasteiger partial charge on any atom is 0.123 e. The molecule has 28 heavy (non-hydrogen) atoms. The van der Waals surface area contributed by atoms with Gasteiger partial charge in [-0.1, -0.05) is 38.8 Å². The fraction of sp³-hybridized carbons (Fsp3) is 0.542. The van der Waals surface area contributed by atoms with Crippen molar-refractivity contribution in [3.63, 3.8) is 0 Å². The molecule has 2 aliphatic carbocycles. The number of pyridine rings is 1. The molecule has 2 aliphatic rings. The van der Waals surface area contributed by atoms with E-state index in [1.165, 1.54) is 25.0 Å². The van der Waals surface area contributed by atoms with Crippen LogP contribution in [0.25, 0.3) is 0 Å². The first-order chi connectivity index (χ1) is 13.3. The molecule has 0 saturated heterocycles. The second kappa shape index (κ2) is 7.23. The van der Waals surface area contributed by atoms with Gasteiger partial charge >= 0.3 is 0 Å². The van der Waals surface area contributed by atoms with Gasteiger partial charge in [0.15, 0.2) is 0 Å². The third-order valence-corrected chi connectivity index (χ3v) is 6.58. The van der Waals surface area contributed by atoms with Crippen LogP contribution in [0.2, 0.25) is 0 Å². The van der Waals surface area contributed by atoms with Crippen LogP contribution in [-0.4, -0.2) is 15.2 Å². The first-order valence-electron chi connectivity index (χ1n) is 10.4. The molecule has 1 aromatic heterocycles. The summed E-state index contributed by atoms with van der Waals surface area (Å²) in [6, 6.07) is 6.03. The Bertz CT molecular complexity index is 869. The van der Waals surface area contributed by atoms with Crippen LogP contribution in [-0.2, 0) is 6.42 Å². The van der Waals surface area contributed by atoms with E-state index in [0.717, 1.165) is 47.3 Å². The van der Waals surface area contributed by atoms with Crippen LogP contribution in [0.1, 0.15) is 97.7 Å². The predicted molar refractivity (Wildman–Crippen MR) is 108 cm³/mol. The Morgan fingerprint density at radius 3 is 2.43 bits per heavy atom. The molecule has 2 N–H and O–H groups in total. The zero-order valence-electron chi connectivity index (χ0n) is 17.0. The van der Waals surface area contributed by atoms with Gasteiger partial charge in [-0.2, -0.15) is 0 Å². The molecule has 1 aromatic carbocycles. The van der Waals surface area contributed by atoms with Gasteiger partial charge in [-0.05, 0) is 61.3 Å². The Morgan fingerprint density at radius 1 is 1.14 bits per heavy atom. The van der Waals surface area contributed by atoms with Gasteiger partial charge in [-0.25, -0.2) is 4.39 Å². The molecule has 3 nitrogen and oxygen atoms in total. The van der Waals surface area contributed by atoms with Crippen LogP contribution in [0.4, 0.5) is 4.39 Å². The highest BCUT2D eigenvalue weighted by atomic mass is 19.1. The van der Waals surface area contributed by atoms with Gasteiger partial charge in [-0.3, -0.25) is 4.98 Å². The largest absolute Gasteiger partial charge is 0.388 e. The number of nitrogens with zero attached hydrogens (tertiary/aromatic N) is 1. The highest BCUT2D eigenvalue weighted by molar-refractivity contribution is 5.48. The minimum Gasteiger partial charge on any atom is -0.388 e. The Morgan fingerprint density at radius 2 is 1.79 bits per heavy atom. The number of aliphatic hydroxyl groups is 2. The topological polar surface area (TPSA) is 53.4 Å². The molecule has 0 aliphatic heterocycles. The highest BCUT2D eigenvalue weighted by Crippen LogP contribution is 2.46. The molecule has 0 bridgehead atoms. The lowest BCUT2D eigenvalue weighted by Crippen LogP contribution is -2.29. The summed E-state index contributed by atoms with van der Waals surface area (Å²) in [6.07, 6.45) is 4.63. The third-order valence-electron chi connectivity index (χ3n) is 6.58. The van der Waals surface area contributed by atoms with E-state index in [0.29, 0.717) is 17.9 Å². The number of rotatable bonds is 3. The molecule has 0 amide bonds. The molecule has 150 valence electrons. The zero-order valence-corrected chi connectivity index (χ0v) is 17.0. The van der Waals surface area contributed by atoms with Crippen LogP contribution in [0.15, 0.2) is 24.3 Å². The molecule has 4 rings (SSSR count). The van der Waals surface area contributed by atoms with Crippen molar-refractivity contribution in [3.8, 4) is 0 Å². The first kappa shape index (κ1) is 19.5. The number of aromatic nitrogens is 1. The third kappa shape index (κ3) is 3.48. The SMILES string of the molecule is Cc1c2c(nc(C3CCCC3)c1C(O)c1ccc(F)cc1)CC(C)(C)CC2O. The second-order valence-corrected chi connectivity index (χ2v) is 9.39. The van der Waals surface area contributed by atoms with E-state index in [1.807, 2.05) is 6.92 Å². The number of hydrogen-bond donors (Lipinski definition) is 2. The predicted octanol–water partition coefficient (Wildman–Crippen LogP) is 5.27. The fourth-order valence-corrected chi connectivity index (χ4v) is 5.21. The zero-order chi connectivity index (χ0) is 20.1. The molecular weight excluding hydrogens is 353 g/mol. The maximum atomic E-state index is 13.4. The highest BCUT2D eigenvalue weighted by Gasteiger charge is 2.37. The van der Waals surface area contributed by atoms with Gasteiger partial charge in [0.05, 0.1) is 11.8 Å². The van der Waals surface area contributed by atoms with Crippen molar-refractivity contribution in [2.45, 2.75) is 77.4 Å². The lowest BCUT2D eigenvalue weighted by atomic mass is 9.72. The monoisotopic (exact) mass is 383 g/mol. The van der Waals surface area contributed by atoms with Crippen molar-refractivity contribution >= 4 is 0 Å². The van der Waals surface area contributed by atoms with Gasteiger partial charge in [0.1, 0.15) is 11.9 Å². The molecule has 2 unspecified atom stereocenters. The molecule has 0 radical (unpaired) electrons. The Hall–Kier alpha value is -1.78. The molecule has 2 aromatic rings. The lowest BCUT2D eigenvalue weighted by Gasteiger charge is -2.37. The van der Waals surface area contributed by atoms with Crippen LogP contribution < -0.4 is 0 Å². The van der Waals surface area contributed by atoms with Crippen molar-refractivity contribution in [1.29, 1.82) is 0 Å². The van der Waals surface area contributed by atoms with Gasteiger partial charge in [0.25, 0.3) is 0 Å². The molecular formula is C24H30FNO2. The van der Waals surface area contributed by atoms with E-state index in [9.17, 15) is 14.6 Å². The Kier molecular flexibility index (Phi) is 5.05. The number of halogens is 1. The molecule has 0 spiro atoms. The lowest BCUT2D eigenvalue weighted by molar-refractivity contribution is 0.0968. The van der Waals surface area contributed by atoms with Gasteiger partial charge < -0.3 is 10.2 Å². The molecule has 4 heteroatoms. The van der Waals surface area contributed by atoms with E-state index in [2.05, 4.69) is 13.8 Å². The number of hydrogen-bond acceptors (Lipinski definition) is 3. The summed E-state index contributed by atoms with van der Waals surface area (Å²) < 4.78 is 13.4. The quantitative estimate of drug-likeness (QED) is 0.759. The van der Waals surface area contributed by atoms with Crippen molar-refractivity contribution in [1.82, 2.24) is 4.98 Å². The van der Waals surface area contributed by atoms with Crippen molar-refractivity contribution < 1.29 is 14.6 Å². The number of fused-ring (bicyclic) bond motifs is 1. The first-order valence-corrected chi connectivity index (χ1v) is 10.4. The van der Waals surface area contributed by atoms with Crippen molar-refractivity contribution in [2.75, 3.05) is 0 Å². The van der Waals surface area contributed by atoms with Crippen molar-refractivity contribution in [2.24, 2.45) is 5.41 Å². The van der Waals surface area contributed by atoms with E-state index in [4.69, 9.17) is 4.98 Å². The molecule has 2 atom stereocenters. The minimum absolute atomic E-state index is 0.00981. The van der Waals surface area contributed by atoms with Gasteiger partial charge in [-0.15, -0.1) is 0 Å². The van der Waals surface area contributed by atoms with Gasteiger partial charge in [0.2, 0.25) is 0 Å². The van der Waals surface area contributed by atoms with Gasteiger partial charge in [0, 0.05) is 22.7 Å². The smallest absolute Gasteiger partial charge is 0.123 e.